The first-order valence-corrected chi connectivity index (χ1v) is 11.4. The second-order valence-electron chi connectivity index (χ2n) is 7.89. The molecule has 8 heteroatoms. The molecule has 0 bridgehead atoms. The fourth-order valence-corrected chi connectivity index (χ4v) is 4.56. The van der Waals surface area contributed by atoms with E-state index in [1.54, 1.807) is 28.4 Å². The fourth-order valence-electron chi connectivity index (χ4n) is 3.87. The highest BCUT2D eigenvalue weighted by molar-refractivity contribution is 7.09. The predicted molar refractivity (Wildman–Crippen MR) is 125 cm³/mol. The lowest BCUT2D eigenvalue weighted by Gasteiger charge is -2.35. The Morgan fingerprint density at radius 2 is 1.85 bits per heavy atom. The van der Waals surface area contributed by atoms with Gasteiger partial charge in [0.25, 0.3) is 5.89 Å². The van der Waals surface area contributed by atoms with Crippen molar-refractivity contribution in [3.05, 3.63) is 99.5 Å². The Labute approximate surface area is 194 Å². The molecule has 1 aliphatic heterocycles. The number of carbonyl (C=O) groups is 1. The number of hydrogen-bond acceptors (Lipinski definition) is 5. The molecule has 2 amide bonds. The van der Waals surface area contributed by atoms with Crippen LogP contribution in [0.3, 0.4) is 0 Å². The summed E-state index contributed by atoms with van der Waals surface area (Å²) < 4.78 is 19.0. The van der Waals surface area contributed by atoms with Crippen LogP contribution in [0.4, 0.5) is 9.18 Å². The van der Waals surface area contributed by atoms with Crippen LogP contribution in [-0.2, 0) is 6.54 Å². The molecule has 0 aliphatic carbocycles. The van der Waals surface area contributed by atoms with E-state index in [2.05, 4.69) is 15.5 Å². The lowest BCUT2D eigenvalue weighted by molar-refractivity contribution is 0.203. The van der Waals surface area contributed by atoms with E-state index in [0.29, 0.717) is 23.8 Å². The second-order valence-corrected chi connectivity index (χ2v) is 8.92. The molecule has 1 atom stereocenters. The third-order valence-corrected chi connectivity index (χ3v) is 6.52. The van der Waals surface area contributed by atoms with Gasteiger partial charge in [0.05, 0.1) is 18.2 Å². The van der Waals surface area contributed by atoms with Crippen molar-refractivity contribution < 1.29 is 13.7 Å². The number of rotatable bonds is 5. The smallest absolute Gasteiger partial charge is 0.322 e. The lowest BCUT2D eigenvalue weighted by Crippen LogP contribution is -2.45. The number of hydrogen-bond donors (Lipinski definition) is 1. The summed E-state index contributed by atoms with van der Waals surface area (Å²) in [6, 6.07) is 17.2. The van der Waals surface area contributed by atoms with E-state index in [1.165, 1.54) is 12.1 Å². The van der Waals surface area contributed by atoms with Gasteiger partial charge in [-0.1, -0.05) is 41.1 Å². The quantitative estimate of drug-likeness (QED) is 0.400. The average Bonchev–Trinajstić information content (AvgIpc) is 3.50. The molecule has 0 fully saturated rings. The van der Waals surface area contributed by atoms with Gasteiger partial charge in [0.2, 0.25) is 5.82 Å². The number of nitrogens with zero attached hydrogens (tertiary/aromatic N) is 3. The third-order valence-electron chi connectivity index (χ3n) is 5.66. The van der Waals surface area contributed by atoms with Crippen molar-refractivity contribution >= 4 is 22.9 Å². The zero-order valence-electron chi connectivity index (χ0n) is 18.1. The topological polar surface area (TPSA) is 71.3 Å². The van der Waals surface area contributed by atoms with E-state index in [4.69, 9.17) is 4.52 Å². The van der Waals surface area contributed by atoms with Gasteiger partial charge >= 0.3 is 6.03 Å². The standard InChI is InChI=1S/C25H21FN4O2S/c1-15-5-7-17(8-6-15)22-21(16(2)30(25(31)27-22)14-20-4-3-13-33-20)24-28-23(29-32-24)18-9-11-19(26)12-10-18/h3-13,22H,14H2,1-2H3,(H,27,31). The van der Waals surface area contributed by atoms with E-state index in [1.807, 2.05) is 55.6 Å². The Kier molecular flexibility index (Phi) is 5.51. The average molecular weight is 461 g/mol. The maximum Gasteiger partial charge on any atom is 0.322 e. The Morgan fingerprint density at radius 3 is 2.55 bits per heavy atom. The minimum absolute atomic E-state index is 0.187. The van der Waals surface area contributed by atoms with E-state index in [0.717, 1.165) is 27.3 Å². The number of benzene rings is 2. The molecule has 2 aromatic heterocycles. The first-order chi connectivity index (χ1) is 16.0. The van der Waals surface area contributed by atoms with Gasteiger partial charge < -0.3 is 9.84 Å². The molecule has 166 valence electrons. The SMILES string of the molecule is CC1=C(c2nc(-c3ccc(F)cc3)no2)C(c2ccc(C)cc2)NC(=O)N1Cc1cccs1. The number of carbonyl (C=O) groups excluding carboxylic acids is 1. The number of thiophene rings is 1. The van der Waals surface area contributed by atoms with Crippen molar-refractivity contribution in [1.29, 1.82) is 0 Å². The van der Waals surface area contributed by atoms with Crippen molar-refractivity contribution in [3.63, 3.8) is 0 Å². The number of allylic oxidation sites excluding steroid dienone is 1. The molecule has 1 unspecified atom stereocenters. The summed E-state index contributed by atoms with van der Waals surface area (Å²) in [6.07, 6.45) is 0. The number of nitrogens with one attached hydrogen (secondary N) is 1. The highest BCUT2D eigenvalue weighted by atomic mass is 32.1. The summed E-state index contributed by atoms with van der Waals surface area (Å²) in [5, 5.41) is 9.21. The van der Waals surface area contributed by atoms with Crippen LogP contribution >= 0.6 is 11.3 Å². The number of urea groups is 1. The van der Waals surface area contributed by atoms with E-state index in [-0.39, 0.29) is 11.8 Å². The van der Waals surface area contributed by atoms with Gasteiger partial charge in [-0.05, 0) is 55.1 Å². The van der Waals surface area contributed by atoms with Crippen molar-refractivity contribution in [2.24, 2.45) is 0 Å². The predicted octanol–water partition coefficient (Wildman–Crippen LogP) is 5.94. The Hall–Kier alpha value is -3.78. The number of amides is 2. The van der Waals surface area contributed by atoms with E-state index >= 15 is 0 Å². The van der Waals surface area contributed by atoms with Crippen LogP contribution in [0.5, 0.6) is 0 Å². The zero-order valence-corrected chi connectivity index (χ0v) is 18.9. The monoisotopic (exact) mass is 460 g/mol. The zero-order chi connectivity index (χ0) is 22.9. The number of aromatic nitrogens is 2. The van der Waals surface area contributed by atoms with Gasteiger partial charge in [-0.2, -0.15) is 4.98 Å². The second kappa shape index (κ2) is 8.63. The first kappa shape index (κ1) is 21.1. The van der Waals surface area contributed by atoms with Gasteiger partial charge in [-0.25, -0.2) is 9.18 Å². The van der Waals surface area contributed by atoms with Crippen molar-refractivity contribution in [1.82, 2.24) is 20.4 Å². The summed E-state index contributed by atoms with van der Waals surface area (Å²) in [4.78, 5) is 20.5. The highest BCUT2D eigenvalue weighted by Gasteiger charge is 2.35. The largest absolute Gasteiger partial charge is 0.334 e. The third kappa shape index (κ3) is 4.17. The Morgan fingerprint density at radius 1 is 1.09 bits per heavy atom. The summed E-state index contributed by atoms with van der Waals surface area (Å²) in [5.41, 5.74) is 4.16. The summed E-state index contributed by atoms with van der Waals surface area (Å²) in [7, 11) is 0. The van der Waals surface area contributed by atoms with Crippen LogP contribution in [0, 0.1) is 12.7 Å². The van der Waals surface area contributed by atoms with Crippen molar-refractivity contribution in [2.45, 2.75) is 26.4 Å². The van der Waals surface area contributed by atoms with Gasteiger partial charge in [-0.3, -0.25) is 4.90 Å². The maximum atomic E-state index is 13.3. The number of halogens is 1. The molecular formula is C25H21FN4O2S. The molecule has 0 saturated carbocycles. The minimum Gasteiger partial charge on any atom is -0.334 e. The molecule has 33 heavy (non-hydrogen) atoms. The molecule has 4 aromatic rings. The minimum atomic E-state index is -0.445. The summed E-state index contributed by atoms with van der Waals surface area (Å²) in [6.45, 7) is 4.35. The van der Waals surface area contributed by atoms with Crippen LogP contribution < -0.4 is 5.32 Å². The van der Waals surface area contributed by atoms with Gasteiger partial charge in [-0.15, -0.1) is 11.3 Å². The fraction of sp³-hybridized carbons (Fsp3) is 0.160. The van der Waals surface area contributed by atoms with Crippen LogP contribution in [-0.4, -0.2) is 21.1 Å². The Balaban J connectivity index is 1.59. The van der Waals surface area contributed by atoms with E-state index in [9.17, 15) is 9.18 Å². The molecule has 0 saturated heterocycles. The summed E-state index contributed by atoms with van der Waals surface area (Å²) >= 11 is 1.59. The number of aryl methyl sites for hydroxylation is 1. The van der Waals surface area contributed by atoms with Crippen molar-refractivity contribution in [2.75, 3.05) is 0 Å². The van der Waals surface area contributed by atoms with Crippen LogP contribution in [0.25, 0.3) is 17.0 Å². The van der Waals surface area contributed by atoms with Gasteiger partial charge in [0, 0.05) is 16.1 Å². The maximum absolute atomic E-state index is 13.3. The highest BCUT2D eigenvalue weighted by Crippen LogP contribution is 2.38. The molecular weight excluding hydrogens is 439 g/mol. The molecule has 2 aromatic carbocycles. The molecule has 5 rings (SSSR count). The van der Waals surface area contributed by atoms with Crippen LogP contribution in [0.15, 0.2) is 76.3 Å². The molecule has 0 radical (unpaired) electrons. The van der Waals surface area contributed by atoms with Crippen LogP contribution in [0.1, 0.15) is 34.9 Å². The lowest BCUT2D eigenvalue weighted by atomic mass is 9.94. The normalized spacial score (nSPS) is 16.3. The molecule has 3 heterocycles. The van der Waals surface area contributed by atoms with Gasteiger partial charge in [0.1, 0.15) is 5.82 Å². The van der Waals surface area contributed by atoms with Crippen molar-refractivity contribution in [3.8, 4) is 11.4 Å². The summed E-state index contributed by atoms with van der Waals surface area (Å²) in [5.74, 6) is 0.336. The molecule has 1 aliphatic rings. The van der Waals surface area contributed by atoms with E-state index < -0.39 is 6.04 Å². The van der Waals surface area contributed by atoms with Crippen LogP contribution in [0.2, 0.25) is 0 Å². The molecule has 0 spiro atoms. The molecule has 6 nitrogen and oxygen atoms in total. The van der Waals surface area contributed by atoms with Gasteiger partial charge in [0.15, 0.2) is 0 Å². The first-order valence-electron chi connectivity index (χ1n) is 10.5. The Bertz CT molecular complexity index is 1310. The molecule has 1 N–H and O–H groups in total.